The monoisotopic (exact) mass is 466 g/mol. The lowest BCUT2D eigenvalue weighted by atomic mass is 10.2. The van der Waals surface area contributed by atoms with E-state index in [1.54, 1.807) is 24.4 Å². The van der Waals surface area contributed by atoms with Gasteiger partial charge in [-0.25, -0.2) is 0 Å². The molecule has 3 aromatic rings. The molecule has 3 rings (SSSR count). The summed E-state index contributed by atoms with van der Waals surface area (Å²) < 4.78 is 16.8. The molecule has 0 atom stereocenters. The molecule has 1 N–H and O–H groups in total. The van der Waals surface area contributed by atoms with Crippen LogP contribution >= 0.6 is 11.6 Å². The second-order valence-electron chi connectivity index (χ2n) is 7.13. The molecule has 0 radical (unpaired) electrons. The average molecular weight is 467 g/mol. The SMILES string of the molecule is CCOc1ccc(N=Cc2ccc(OCC(=O)Nc3ccc(C)c(Cl)c3)c(OCC)c2)cc1. The molecular formula is C26H27ClN2O4. The standard InChI is InChI=1S/C26H27ClN2O4/c1-4-31-22-11-9-20(10-12-22)28-16-19-7-13-24(25(14-19)32-5-2)33-17-26(30)29-21-8-6-18(3)23(27)15-21/h6-16H,4-5,17H2,1-3H3,(H,29,30). The molecule has 0 aliphatic carbocycles. The van der Waals surface area contributed by atoms with Crippen molar-refractivity contribution in [3.63, 3.8) is 0 Å². The summed E-state index contributed by atoms with van der Waals surface area (Å²) in [6, 6.07) is 18.3. The third-order valence-electron chi connectivity index (χ3n) is 4.59. The van der Waals surface area contributed by atoms with Crippen LogP contribution in [0.5, 0.6) is 17.2 Å². The van der Waals surface area contributed by atoms with E-state index >= 15 is 0 Å². The molecule has 172 valence electrons. The summed E-state index contributed by atoms with van der Waals surface area (Å²) in [5, 5.41) is 3.37. The molecule has 3 aromatic carbocycles. The minimum absolute atomic E-state index is 0.162. The molecule has 0 aromatic heterocycles. The van der Waals surface area contributed by atoms with Crippen molar-refractivity contribution in [1.29, 1.82) is 0 Å². The zero-order valence-corrected chi connectivity index (χ0v) is 19.7. The minimum atomic E-state index is -0.293. The number of amides is 1. The first kappa shape index (κ1) is 24.1. The van der Waals surface area contributed by atoms with Gasteiger partial charge in [-0.2, -0.15) is 0 Å². The number of halogens is 1. The van der Waals surface area contributed by atoms with E-state index in [4.69, 9.17) is 25.8 Å². The number of carbonyl (C=O) groups is 1. The first-order chi connectivity index (χ1) is 16.0. The lowest BCUT2D eigenvalue weighted by molar-refractivity contribution is -0.118. The van der Waals surface area contributed by atoms with Crippen LogP contribution in [0.4, 0.5) is 11.4 Å². The van der Waals surface area contributed by atoms with Crippen LogP contribution in [0.15, 0.2) is 65.7 Å². The van der Waals surface area contributed by atoms with Gasteiger partial charge in [-0.1, -0.05) is 17.7 Å². The Morgan fingerprint density at radius 1 is 0.939 bits per heavy atom. The molecular weight excluding hydrogens is 440 g/mol. The van der Waals surface area contributed by atoms with Gasteiger partial charge in [0, 0.05) is 16.9 Å². The van der Waals surface area contributed by atoms with Crippen molar-refractivity contribution in [1.82, 2.24) is 0 Å². The third-order valence-corrected chi connectivity index (χ3v) is 5.00. The highest BCUT2D eigenvalue weighted by Gasteiger charge is 2.10. The maximum atomic E-state index is 12.3. The number of ether oxygens (including phenoxy) is 3. The van der Waals surface area contributed by atoms with Gasteiger partial charge in [0.2, 0.25) is 0 Å². The molecule has 0 bridgehead atoms. The number of aliphatic imine (C=N–C) groups is 1. The highest BCUT2D eigenvalue weighted by Crippen LogP contribution is 2.28. The Morgan fingerprint density at radius 3 is 2.39 bits per heavy atom. The van der Waals surface area contributed by atoms with Crippen molar-refractivity contribution in [2.45, 2.75) is 20.8 Å². The Kier molecular flexibility index (Phi) is 8.72. The van der Waals surface area contributed by atoms with Crippen LogP contribution in [0, 0.1) is 6.92 Å². The molecule has 0 spiro atoms. The lowest BCUT2D eigenvalue weighted by Crippen LogP contribution is -2.20. The average Bonchev–Trinajstić information content (AvgIpc) is 2.81. The Labute approximate surface area is 199 Å². The molecule has 0 saturated carbocycles. The summed E-state index contributed by atoms with van der Waals surface area (Å²) in [5.41, 5.74) is 3.21. The molecule has 1 amide bonds. The molecule has 0 aliphatic heterocycles. The molecule has 0 heterocycles. The van der Waals surface area contributed by atoms with Crippen LogP contribution < -0.4 is 19.5 Å². The lowest BCUT2D eigenvalue weighted by Gasteiger charge is -2.13. The van der Waals surface area contributed by atoms with Gasteiger partial charge in [0.25, 0.3) is 5.91 Å². The van der Waals surface area contributed by atoms with Crippen LogP contribution in [-0.2, 0) is 4.79 Å². The van der Waals surface area contributed by atoms with E-state index in [0.29, 0.717) is 35.4 Å². The fraction of sp³-hybridized carbons (Fsp3) is 0.231. The van der Waals surface area contributed by atoms with Crippen molar-refractivity contribution in [3.05, 3.63) is 76.8 Å². The van der Waals surface area contributed by atoms with Crippen molar-refractivity contribution < 1.29 is 19.0 Å². The number of hydrogen-bond acceptors (Lipinski definition) is 5. The number of nitrogens with one attached hydrogen (secondary N) is 1. The quantitative estimate of drug-likeness (QED) is 0.360. The fourth-order valence-corrected chi connectivity index (χ4v) is 3.13. The molecule has 0 unspecified atom stereocenters. The van der Waals surface area contributed by atoms with Crippen LogP contribution in [0.1, 0.15) is 25.0 Å². The number of benzene rings is 3. The number of aryl methyl sites for hydroxylation is 1. The van der Waals surface area contributed by atoms with Crippen molar-refractivity contribution in [2.75, 3.05) is 25.1 Å². The number of hydrogen-bond donors (Lipinski definition) is 1. The van der Waals surface area contributed by atoms with Crippen LogP contribution in [0.3, 0.4) is 0 Å². The van der Waals surface area contributed by atoms with E-state index < -0.39 is 0 Å². The van der Waals surface area contributed by atoms with E-state index in [1.165, 1.54) is 0 Å². The topological polar surface area (TPSA) is 69.2 Å². The molecule has 33 heavy (non-hydrogen) atoms. The van der Waals surface area contributed by atoms with E-state index in [1.807, 2.05) is 63.2 Å². The largest absolute Gasteiger partial charge is 0.494 e. The van der Waals surface area contributed by atoms with Gasteiger partial charge >= 0.3 is 0 Å². The van der Waals surface area contributed by atoms with Gasteiger partial charge in [-0.05, 0) is 86.5 Å². The van der Waals surface area contributed by atoms with Gasteiger partial charge in [0.05, 0.1) is 18.9 Å². The Balaban J connectivity index is 1.63. The summed E-state index contributed by atoms with van der Waals surface area (Å²) in [5.74, 6) is 1.54. The van der Waals surface area contributed by atoms with E-state index in [0.717, 1.165) is 22.6 Å². The van der Waals surface area contributed by atoms with Gasteiger partial charge in [-0.15, -0.1) is 0 Å². The molecule has 6 nitrogen and oxygen atoms in total. The van der Waals surface area contributed by atoms with Crippen molar-refractivity contribution >= 4 is 35.1 Å². The smallest absolute Gasteiger partial charge is 0.262 e. The van der Waals surface area contributed by atoms with Crippen molar-refractivity contribution in [3.8, 4) is 17.2 Å². The predicted molar refractivity (Wildman–Crippen MR) is 133 cm³/mol. The number of rotatable bonds is 10. The highest BCUT2D eigenvalue weighted by molar-refractivity contribution is 6.31. The van der Waals surface area contributed by atoms with E-state index in [9.17, 15) is 4.79 Å². The van der Waals surface area contributed by atoms with Gasteiger partial charge in [0.15, 0.2) is 18.1 Å². The second kappa shape index (κ2) is 11.9. The summed E-state index contributed by atoms with van der Waals surface area (Å²) in [4.78, 5) is 16.8. The highest BCUT2D eigenvalue weighted by atomic mass is 35.5. The van der Waals surface area contributed by atoms with Gasteiger partial charge < -0.3 is 19.5 Å². The normalized spacial score (nSPS) is 10.8. The van der Waals surface area contributed by atoms with Gasteiger partial charge in [-0.3, -0.25) is 9.79 Å². The van der Waals surface area contributed by atoms with Gasteiger partial charge in [0.1, 0.15) is 5.75 Å². The van der Waals surface area contributed by atoms with Crippen LogP contribution in [0.2, 0.25) is 5.02 Å². The van der Waals surface area contributed by atoms with E-state index in [-0.39, 0.29) is 12.5 Å². The Hall–Kier alpha value is -3.51. The van der Waals surface area contributed by atoms with E-state index in [2.05, 4.69) is 10.3 Å². The molecule has 0 fully saturated rings. The Morgan fingerprint density at radius 2 is 1.70 bits per heavy atom. The number of anilines is 1. The first-order valence-corrected chi connectivity index (χ1v) is 11.1. The summed E-state index contributed by atoms with van der Waals surface area (Å²) in [6.07, 6.45) is 1.75. The summed E-state index contributed by atoms with van der Waals surface area (Å²) in [7, 11) is 0. The molecule has 0 aliphatic rings. The van der Waals surface area contributed by atoms with Crippen molar-refractivity contribution in [2.24, 2.45) is 4.99 Å². The predicted octanol–water partition coefficient (Wildman–Crippen LogP) is 6.21. The van der Waals surface area contributed by atoms with Crippen LogP contribution in [-0.4, -0.2) is 31.9 Å². The Bertz CT molecular complexity index is 1110. The van der Waals surface area contributed by atoms with Crippen LogP contribution in [0.25, 0.3) is 0 Å². The third kappa shape index (κ3) is 7.26. The number of nitrogens with zero attached hydrogens (tertiary/aromatic N) is 1. The molecule has 7 heteroatoms. The summed E-state index contributed by atoms with van der Waals surface area (Å²) >= 11 is 6.11. The molecule has 0 saturated heterocycles. The maximum Gasteiger partial charge on any atom is 0.262 e. The maximum absolute atomic E-state index is 12.3. The fourth-order valence-electron chi connectivity index (χ4n) is 2.95. The summed E-state index contributed by atoms with van der Waals surface area (Å²) in [6.45, 7) is 6.66. The second-order valence-corrected chi connectivity index (χ2v) is 7.53. The zero-order valence-electron chi connectivity index (χ0n) is 18.9. The number of carbonyl (C=O) groups excluding carboxylic acids is 1. The minimum Gasteiger partial charge on any atom is -0.494 e. The zero-order chi connectivity index (χ0) is 23.6. The first-order valence-electron chi connectivity index (χ1n) is 10.7.